The van der Waals surface area contributed by atoms with Crippen LogP contribution < -0.4 is 9.47 Å². The van der Waals surface area contributed by atoms with Gasteiger partial charge >= 0.3 is 11.9 Å². The molecule has 4 bridgehead atoms. The van der Waals surface area contributed by atoms with E-state index in [9.17, 15) is 42.6 Å². The van der Waals surface area contributed by atoms with Gasteiger partial charge in [0.15, 0.2) is 0 Å². The molecule has 0 aromatic heterocycles. The van der Waals surface area contributed by atoms with Gasteiger partial charge in [-0.25, -0.2) is 35.9 Å². The predicted octanol–water partition coefficient (Wildman–Crippen LogP) is 10.7. The Morgan fingerprint density at radius 2 is 1.23 bits per heavy atom. The number of piperidine rings is 1. The normalized spacial score (nSPS) is 30.2. The number of nitrogens with zero attached hydrogens (tertiary/aromatic N) is 3. The quantitative estimate of drug-likeness (QED) is 0.151. The summed E-state index contributed by atoms with van der Waals surface area (Å²) < 4.78 is 99.7. The highest BCUT2D eigenvalue weighted by atomic mass is 35.5. The van der Waals surface area contributed by atoms with E-state index in [2.05, 4.69) is 0 Å². The van der Waals surface area contributed by atoms with Crippen molar-refractivity contribution in [3.8, 4) is 11.5 Å². The molecule has 0 spiro atoms. The fraction of sp³-hybridized carbons (Fsp3) is 0.600. The smallest absolute Gasteiger partial charge is 0.326 e. The lowest BCUT2D eigenvalue weighted by atomic mass is 9.50. The molecule has 73 heavy (non-hydrogen) atoms. The summed E-state index contributed by atoms with van der Waals surface area (Å²) in [7, 11) is 0. The van der Waals surface area contributed by atoms with Crippen molar-refractivity contribution >= 4 is 35.4 Å². The van der Waals surface area contributed by atoms with Gasteiger partial charge in [0.2, 0.25) is 0 Å². The lowest BCUT2D eigenvalue weighted by Gasteiger charge is -2.56. The average molecular weight is 1040 g/mol. The van der Waals surface area contributed by atoms with E-state index in [0.29, 0.717) is 37.6 Å². The molecule has 6 aliphatic carbocycles. The Balaban J connectivity index is 0.000000169. The first-order chi connectivity index (χ1) is 34.8. The molecule has 3 aromatic carbocycles. The van der Waals surface area contributed by atoms with Gasteiger partial charge in [-0.3, -0.25) is 14.5 Å². The number of carboxylic acids is 2. The Labute approximate surface area is 425 Å². The molecule has 5 atom stereocenters. The first-order valence-corrected chi connectivity index (χ1v) is 26.3. The molecule has 3 heterocycles. The highest BCUT2D eigenvalue weighted by Crippen LogP contribution is 2.60. The maximum Gasteiger partial charge on any atom is 0.326 e. The molecule has 3 aromatic rings. The number of halogens is 7. The van der Waals surface area contributed by atoms with E-state index in [1.807, 2.05) is 4.90 Å². The Morgan fingerprint density at radius 3 is 1.74 bits per heavy atom. The number of carbonyl (C=O) groups excluding carboxylic acids is 2. The zero-order valence-electron chi connectivity index (χ0n) is 40.8. The number of hydrogen-bond acceptors (Lipinski definition) is 7. The lowest BCUT2D eigenvalue weighted by molar-refractivity contribution is -0.143. The number of hydrogen-bond donors (Lipinski definition) is 2. The Hall–Kier alpha value is -5.03. The fourth-order valence-electron chi connectivity index (χ4n) is 13.3. The third-order valence-corrected chi connectivity index (χ3v) is 17.4. The van der Waals surface area contributed by atoms with E-state index in [0.717, 1.165) is 70.4 Å². The van der Waals surface area contributed by atoms with Crippen molar-refractivity contribution in [3.05, 3.63) is 92.8 Å². The molecule has 18 heteroatoms. The topological polar surface area (TPSA) is 137 Å². The van der Waals surface area contributed by atoms with Crippen LogP contribution in [-0.2, 0) is 16.1 Å². The summed E-state index contributed by atoms with van der Waals surface area (Å²) in [5.74, 6) is -3.90. The van der Waals surface area contributed by atoms with Crippen LogP contribution in [0, 0.1) is 46.5 Å². The first-order valence-electron chi connectivity index (χ1n) is 25.9. The Bertz CT molecular complexity index is 2610. The highest BCUT2D eigenvalue weighted by molar-refractivity contribution is 6.30. The molecule has 9 aliphatic rings. The molecule has 2 amide bonds. The van der Waals surface area contributed by atoms with E-state index >= 15 is 13.2 Å². The molecular formula is C55H62ClF6N3O8. The number of carboxylic acid groups (broad SMARTS) is 2. The van der Waals surface area contributed by atoms with Crippen LogP contribution in [0.2, 0.25) is 5.02 Å². The maximum atomic E-state index is 15.6. The second kappa shape index (κ2) is 20.3. The monoisotopic (exact) mass is 1040 g/mol. The number of rotatable bonds is 14. The zero-order chi connectivity index (χ0) is 51.7. The number of aliphatic carboxylic acids is 2. The molecular weight excluding hydrogens is 980 g/mol. The minimum Gasteiger partial charge on any atom is -0.493 e. The zero-order valence-corrected chi connectivity index (χ0v) is 41.5. The SMILES string of the molecule is C[C@@H]1[C@@H](C(=O)O)N(C(=O)c2cc(C3CC3)c(OCC34CC5CC(CC(C5)C3)C4)cc2F)C[C@@H]1F.O=C(O)[C@@H]1C[C@@H](F)CN1C(=O)c1cc(C2CC2)c(OCC2(F)CCN(Cc3ccc(F)c(Cl)c3)CC2)cc1F. The van der Waals surface area contributed by atoms with Crippen LogP contribution in [-0.4, -0.2) is 118 Å². The first kappa shape index (κ1) is 51.5. The number of amides is 2. The van der Waals surface area contributed by atoms with Gasteiger partial charge in [0.1, 0.15) is 65.7 Å². The second-order valence-corrected chi connectivity index (χ2v) is 23.1. The lowest BCUT2D eigenvalue weighted by Crippen LogP contribution is -2.48. The number of ether oxygens (including phenoxy) is 2. The summed E-state index contributed by atoms with van der Waals surface area (Å²) in [6.07, 6.45) is 8.26. The van der Waals surface area contributed by atoms with Crippen LogP contribution >= 0.6 is 11.6 Å². The van der Waals surface area contributed by atoms with Gasteiger partial charge < -0.3 is 29.5 Å². The summed E-state index contributed by atoms with van der Waals surface area (Å²) in [5, 5.41) is 18.9. The average Bonchev–Trinajstić information content (AvgIpc) is 4.29. The third-order valence-electron chi connectivity index (χ3n) is 17.1. The number of alkyl halides is 3. The van der Waals surface area contributed by atoms with Gasteiger partial charge in [0.05, 0.1) is 35.8 Å². The Kier molecular flexibility index (Phi) is 14.3. The largest absolute Gasteiger partial charge is 0.493 e. The van der Waals surface area contributed by atoms with Crippen LogP contribution in [0.1, 0.15) is 140 Å². The number of benzene rings is 3. The molecule has 0 unspecified atom stereocenters. The molecule has 394 valence electrons. The molecule has 11 nitrogen and oxygen atoms in total. The minimum absolute atomic E-state index is 0.0230. The van der Waals surface area contributed by atoms with Crippen LogP contribution in [0.25, 0.3) is 0 Å². The maximum absolute atomic E-state index is 15.6. The summed E-state index contributed by atoms with van der Waals surface area (Å²) in [6, 6.07) is 7.10. The molecule has 12 rings (SSSR count). The van der Waals surface area contributed by atoms with Crippen molar-refractivity contribution < 1.29 is 65.2 Å². The van der Waals surface area contributed by atoms with Crippen molar-refractivity contribution in [1.29, 1.82) is 0 Å². The summed E-state index contributed by atoms with van der Waals surface area (Å²) in [5.41, 5.74) is 0.252. The van der Waals surface area contributed by atoms with E-state index in [1.54, 1.807) is 18.2 Å². The van der Waals surface area contributed by atoms with Gasteiger partial charge in [-0.1, -0.05) is 24.6 Å². The third kappa shape index (κ3) is 10.9. The van der Waals surface area contributed by atoms with Crippen molar-refractivity contribution in [3.63, 3.8) is 0 Å². The Morgan fingerprint density at radius 1 is 0.699 bits per heavy atom. The molecule has 3 aliphatic heterocycles. The van der Waals surface area contributed by atoms with Crippen LogP contribution in [0.4, 0.5) is 26.3 Å². The van der Waals surface area contributed by atoms with Gasteiger partial charge in [0.25, 0.3) is 11.8 Å². The van der Waals surface area contributed by atoms with E-state index in [4.69, 9.17) is 21.1 Å². The van der Waals surface area contributed by atoms with Crippen LogP contribution in [0.5, 0.6) is 11.5 Å². The molecule has 6 saturated carbocycles. The number of carbonyl (C=O) groups is 4. The summed E-state index contributed by atoms with van der Waals surface area (Å²) >= 11 is 5.86. The summed E-state index contributed by atoms with van der Waals surface area (Å²) in [6.45, 7) is 2.44. The molecule has 9 fully saturated rings. The van der Waals surface area contributed by atoms with Crippen molar-refractivity contribution in [2.24, 2.45) is 29.1 Å². The van der Waals surface area contributed by atoms with Gasteiger partial charge in [-0.15, -0.1) is 0 Å². The van der Waals surface area contributed by atoms with Crippen LogP contribution in [0.15, 0.2) is 42.5 Å². The van der Waals surface area contributed by atoms with Crippen LogP contribution in [0.3, 0.4) is 0 Å². The molecule has 3 saturated heterocycles. The standard InChI is InChI=1S/C28H29ClF4N2O4.C27H33F2NO4/c29-21-9-16(1-4-22(21)31)13-34-7-5-28(33,6-8-34)15-39-25-12-23(32)20(11-19(25)17-2-3-17)26(36)35-14-18(30)10-24(35)27(37)38;1-14-22(29)12-30(24(14)26(32)33)25(31)20-7-19(18-2-3-18)23(8-21(20)28)34-13-27-9-15-4-16(10-27)6-17(5-15)11-27/h1,4,9,11-12,17-18,24H,2-3,5-8,10,13-15H2,(H,37,38);7-8,14-18,22,24H,2-6,9-13H2,1H3,(H,32,33)/t18-,24+;14-,15?,16?,17?,22-,24-,27?/m10/s1. The minimum atomic E-state index is -1.64. The predicted molar refractivity (Wildman–Crippen MR) is 257 cm³/mol. The van der Waals surface area contributed by atoms with E-state index in [1.165, 1.54) is 63.6 Å². The molecule has 0 radical (unpaired) electrons. The highest BCUT2D eigenvalue weighted by Gasteiger charge is 2.52. The van der Waals surface area contributed by atoms with Crippen molar-refractivity contribution in [2.75, 3.05) is 39.4 Å². The molecule has 2 N–H and O–H groups in total. The fourth-order valence-corrected chi connectivity index (χ4v) is 13.5. The van der Waals surface area contributed by atoms with Crippen molar-refractivity contribution in [2.45, 2.75) is 139 Å². The second-order valence-electron chi connectivity index (χ2n) is 22.7. The van der Waals surface area contributed by atoms with Crippen molar-refractivity contribution in [1.82, 2.24) is 14.7 Å². The van der Waals surface area contributed by atoms with Gasteiger partial charge in [-0.2, -0.15) is 0 Å². The summed E-state index contributed by atoms with van der Waals surface area (Å²) in [4.78, 5) is 53.3. The number of likely N-dealkylation sites (tertiary alicyclic amines) is 3. The van der Waals surface area contributed by atoms with Gasteiger partial charge in [-0.05, 0) is 148 Å². The van der Waals surface area contributed by atoms with E-state index < -0.39 is 83.8 Å². The van der Waals surface area contributed by atoms with E-state index in [-0.39, 0.29) is 71.6 Å². The van der Waals surface area contributed by atoms with Gasteiger partial charge in [0, 0.05) is 49.5 Å².